The highest BCUT2D eigenvalue weighted by atomic mass is 19.1. The molecular weight excluding hydrogens is 259 g/mol. The Morgan fingerprint density at radius 3 is 2.95 bits per heavy atom. The van der Waals surface area contributed by atoms with Gasteiger partial charge in [0.2, 0.25) is 0 Å². The molecule has 2 aromatic heterocycles. The van der Waals surface area contributed by atoms with Crippen molar-refractivity contribution in [3.8, 4) is 0 Å². The first-order valence-electron chi connectivity index (χ1n) is 6.27. The van der Waals surface area contributed by atoms with E-state index in [1.165, 1.54) is 6.07 Å². The number of carbonyl (C=O) groups is 1. The first-order chi connectivity index (χ1) is 9.70. The van der Waals surface area contributed by atoms with Crippen LogP contribution in [0.15, 0.2) is 36.8 Å². The van der Waals surface area contributed by atoms with Crippen molar-refractivity contribution in [3.63, 3.8) is 0 Å². The summed E-state index contributed by atoms with van der Waals surface area (Å²) >= 11 is 0. The zero-order valence-electron chi connectivity index (χ0n) is 11.1. The van der Waals surface area contributed by atoms with Gasteiger partial charge in [0.25, 0.3) is 5.91 Å². The Morgan fingerprint density at radius 2 is 2.25 bits per heavy atom. The Hall–Kier alpha value is -2.50. The van der Waals surface area contributed by atoms with Crippen molar-refractivity contribution in [1.29, 1.82) is 0 Å². The van der Waals surface area contributed by atoms with Crippen LogP contribution < -0.4 is 10.6 Å². The number of anilines is 1. The van der Waals surface area contributed by atoms with Gasteiger partial charge in [-0.2, -0.15) is 0 Å². The second-order valence-corrected chi connectivity index (χ2v) is 4.12. The third-order valence-corrected chi connectivity index (χ3v) is 2.62. The van der Waals surface area contributed by atoms with Crippen molar-refractivity contribution in [2.45, 2.75) is 13.5 Å². The monoisotopic (exact) mass is 274 g/mol. The molecule has 5 nitrogen and oxygen atoms in total. The van der Waals surface area contributed by atoms with Crippen LogP contribution in [0.1, 0.15) is 22.8 Å². The fourth-order valence-corrected chi connectivity index (χ4v) is 1.70. The minimum Gasteiger partial charge on any atom is -0.370 e. The van der Waals surface area contributed by atoms with Gasteiger partial charge in [0.1, 0.15) is 11.6 Å². The van der Waals surface area contributed by atoms with Crippen LogP contribution in [0.5, 0.6) is 0 Å². The molecule has 2 aromatic rings. The largest absolute Gasteiger partial charge is 0.370 e. The molecule has 0 aliphatic heterocycles. The highest BCUT2D eigenvalue weighted by Gasteiger charge is 2.13. The summed E-state index contributed by atoms with van der Waals surface area (Å²) in [4.78, 5) is 19.9. The number of aromatic nitrogens is 2. The third-order valence-electron chi connectivity index (χ3n) is 2.62. The van der Waals surface area contributed by atoms with Crippen LogP contribution in [0, 0.1) is 5.82 Å². The standard InChI is InChI=1S/C14H15FN4O/c1-2-17-13-12(6-11(15)9-18-13)14(20)19-8-10-4-3-5-16-7-10/h3-7,9H,2,8H2,1H3,(H,17,18)(H,19,20). The van der Waals surface area contributed by atoms with E-state index in [2.05, 4.69) is 20.6 Å². The number of halogens is 1. The number of nitrogens with zero attached hydrogens (tertiary/aromatic N) is 2. The number of hydrogen-bond donors (Lipinski definition) is 2. The van der Waals surface area contributed by atoms with Crippen molar-refractivity contribution >= 4 is 11.7 Å². The van der Waals surface area contributed by atoms with E-state index in [0.717, 1.165) is 11.8 Å². The van der Waals surface area contributed by atoms with Gasteiger partial charge >= 0.3 is 0 Å². The van der Waals surface area contributed by atoms with Gasteiger partial charge in [0, 0.05) is 25.5 Å². The SMILES string of the molecule is CCNc1ncc(F)cc1C(=O)NCc1cccnc1. The molecule has 2 N–H and O–H groups in total. The van der Waals surface area contributed by atoms with Crippen LogP contribution in [0.2, 0.25) is 0 Å². The maximum Gasteiger partial charge on any atom is 0.255 e. The molecule has 1 amide bonds. The minimum atomic E-state index is -0.543. The van der Waals surface area contributed by atoms with Crippen molar-refractivity contribution in [2.24, 2.45) is 0 Å². The average Bonchev–Trinajstić information content (AvgIpc) is 2.48. The Bertz CT molecular complexity index is 589. The maximum atomic E-state index is 13.2. The minimum absolute atomic E-state index is 0.191. The van der Waals surface area contributed by atoms with Crippen LogP contribution in [-0.4, -0.2) is 22.4 Å². The molecule has 2 rings (SSSR count). The molecule has 0 saturated carbocycles. The summed E-state index contributed by atoms with van der Waals surface area (Å²) in [7, 11) is 0. The average molecular weight is 274 g/mol. The molecular formula is C14H15FN4O. The normalized spacial score (nSPS) is 10.1. The van der Waals surface area contributed by atoms with Crippen molar-refractivity contribution in [1.82, 2.24) is 15.3 Å². The predicted octanol–water partition coefficient (Wildman–Crippen LogP) is 1.98. The number of rotatable bonds is 5. The topological polar surface area (TPSA) is 66.9 Å². The molecule has 104 valence electrons. The summed E-state index contributed by atoms with van der Waals surface area (Å²) < 4.78 is 13.2. The van der Waals surface area contributed by atoms with E-state index >= 15 is 0 Å². The lowest BCUT2D eigenvalue weighted by molar-refractivity contribution is 0.0951. The zero-order chi connectivity index (χ0) is 14.4. The quantitative estimate of drug-likeness (QED) is 0.875. The summed E-state index contributed by atoms with van der Waals surface area (Å²) in [5, 5.41) is 5.65. The van der Waals surface area contributed by atoms with E-state index in [9.17, 15) is 9.18 Å². The van der Waals surface area contributed by atoms with Gasteiger partial charge in [0.05, 0.1) is 11.8 Å². The van der Waals surface area contributed by atoms with E-state index in [-0.39, 0.29) is 11.5 Å². The fourth-order valence-electron chi connectivity index (χ4n) is 1.70. The van der Waals surface area contributed by atoms with Gasteiger partial charge in [-0.1, -0.05) is 6.07 Å². The van der Waals surface area contributed by atoms with Gasteiger partial charge in [0.15, 0.2) is 0 Å². The van der Waals surface area contributed by atoms with Crippen LogP contribution in [0.3, 0.4) is 0 Å². The van der Waals surface area contributed by atoms with E-state index in [1.54, 1.807) is 18.5 Å². The molecule has 2 heterocycles. The highest BCUT2D eigenvalue weighted by molar-refractivity contribution is 5.98. The second-order valence-electron chi connectivity index (χ2n) is 4.12. The molecule has 0 aromatic carbocycles. The van der Waals surface area contributed by atoms with Gasteiger partial charge in [-0.3, -0.25) is 9.78 Å². The lowest BCUT2D eigenvalue weighted by Crippen LogP contribution is -2.24. The zero-order valence-corrected chi connectivity index (χ0v) is 11.1. The predicted molar refractivity (Wildman–Crippen MR) is 73.8 cm³/mol. The second kappa shape index (κ2) is 6.60. The summed E-state index contributed by atoms with van der Waals surface area (Å²) in [6.45, 7) is 2.80. The molecule has 0 spiro atoms. The summed E-state index contributed by atoms with van der Waals surface area (Å²) in [6, 6.07) is 4.81. The molecule has 0 unspecified atom stereocenters. The highest BCUT2D eigenvalue weighted by Crippen LogP contribution is 2.13. The number of pyridine rings is 2. The van der Waals surface area contributed by atoms with Gasteiger partial charge < -0.3 is 10.6 Å². The molecule has 0 atom stereocenters. The van der Waals surface area contributed by atoms with Crippen LogP contribution >= 0.6 is 0 Å². The molecule has 0 fully saturated rings. The van der Waals surface area contributed by atoms with Gasteiger partial charge in [-0.25, -0.2) is 9.37 Å². The Balaban J connectivity index is 2.10. The van der Waals surface area contributed by atoms with Crippen molar-refractivity contribution in [2.75, 3.05) is 11.9 Å². The molecule has 0 radical (unpaired) electrons. The third kappa shape index (κ3) is 3.50. The van der Waals surface area contributed by atoms with Crippen LogP contribution in [-0.2, 0) is 6.54 Å². The first-order valence-corrected chi connectivity index (χ1v) is 6.27. The van der Waals surface area contributed by atoms with Crippen LogP contribution in [0.4, 0.5) is 10.2 Å². The molecule has 6 heteroatoms. The summed E-state index contributed by atoms with van der Waals surface area (Å²) in [6.07, 6.45) is 4.40. The summed E-state index contributed by atoms with van der Waals surface area (Å²) in [5.74, 6) is -0.549. The number of carbonyl (C=O) groups excluding carboxylic acids is 1. The lowest BCUT2D eigenvalue weighted by atomic mass is 10.2. The summed E-state index contributed by atoms with van der Waals surface area (Å²) in [5.41, 5.74) is 1.06. The molecule has 0 bridgehead atoms. The van der Waals surface area contributed by atoms with Crippen molar-refractivity contribution < 1.29 is 9.18 Å². The molecule has 20 heavy (non-hydrogen) atoms. The van der Waals surface area contributed by atoms with Crippen molar-refractivity contribution in [3.05, 3.63) is 53.7 Å². The molecule has 0 aliphatic carbocycles. The van der Waals surface area contributed by atoms with E-state index in [0.29, 0.717) is 18.9 Å². The fraction of sp³-hybridized carbons (Fsp3) is 0.214. The van der Waals surface area contributed by atoms with E-state index < -0.39 is 5.82 Å². The molecule has 0 aliphatic rings. The molecule has 0 saturated heterocycles. The van der Waals surface area contributed by atoms with E-state index in [4.69, 9.17) is 0 Å². The number of hydrogen-bond acceptors (Lipinski definition) is 4. The van der Waals surface area contributed by atoms with Gasteiger partial charge in [-0.15, -0.1) is 0 Å². The van der Waals surface area contributed by atoms with Gasteiger partial charge in [-0.05, 0) is 24.6 Å². The lowest BCUT2D eigenvalue weighted by Gasteiger charge is -2.10. The first kappa shape index (κ1) is 13.9. The number of nitrogens with one attached hydrogen (secondary N) is 2. The maximum absolute atomic E-state index is 13.2. The van der Waals surface area contributed by atoms with E-state index in [1.807, 2.05) is 13.0 Å². The number of amides is 1. The van der Waals surface area contributed by atoms with Crippen LogP contribution in [0.25, 0.3) is 0 Å². The smallest absolute Gasteiger partial charge is 0.255 e. The Morgan fingerprint density at radius 1 is 1.40 bits per heavy atom. The Kier molecular flexibility index (Phi) is 4.60. The Labute approximate surface area is 116 Å².